The minimum absolute atomic E-state index is 0.564. The Balaban J connectivity index is 1.34. The van der Waals surface area contributed by atoms with Crippen molar-refractivity contribution in [2.45, 2.75) is 0 Å². The second-order valence-corrected chi connectivity index (χ2v) is 12.3. The normalized spacial score (nSPS) is 11.6. The number of rotatable bonds is 5. The van der Waals surface area contributed by atoms with Crippen LogP contribution in [0.3, 0.4) is 0 Å². The molecule has 0 N–H and O–H groups in total. The van der Waals surface area contributed by atoms with Gasteiger partial charge in [0.25, 0.3) is 0 Å². The molecule has 10 rings (SSSR count). The fourth-order valence-corrected chi connectivity index (χ4v) is 7.31. The number of para-hydroxylation sites is 4. The van der Waals surface area contributed by atoms with Gasteiger partial charge in [-0.3, -0.25) is 9.55 Å². The Labute approximate surface area is 287 Å². The van der Waals surface area contributed by atoms with Crippen molar-refractivity contribution in [2.75, 3.05) is 0 Å². The average Bonchev–Trinajstić information content (AvgIpc) is 3.71. The highest BCUT2D eigenvalue weighted by molar-refractivity contribution is 6.11. The maximum atomic E-state index is 5.35. The molecule has 10 aromatic rings. The van der Waals surface area contributed by atoms with E-state index in [1.54, 1.807) is 0 Å². The van der Waals surface area contributed by atoms with Crippen molar-refractivity contribution in [1.82, 2.24) is 29.1 Å². The van der Waals surface area contributed by atoms with Crippen molar-refractivity contribution in [1.29, 1.82) is 0 Å². The van der Waals surface area contributed by atoms with Crippen LogP contribution in [0.5, 0.6) is 0 Å². The molecular formula is C44H28N6. The standard InChI is InChI=1S/C44H28N6/c1-3-14-29(15-4-1)31-21-13-22-35(41(31)49-37-23-10-9-20-34(37)36-28-45-27-26-40(36)49)43-46-42(30-16-5-2-6-17-30)47-44(48-43)50-38-24-11-7-18-32(38)33-19-8-12-25-39(33)50/h1-28H. The highest BCUT2D eigenvalue weighted by Crippen LogP contribution is 2.41. The Morgan fingerprint density at radius 3 is 1.56 bits per heavy atom. The summed E-state index contributed by atoms with van der Waals surface area (Å²) in [5.74, 6) is 1.76. The molecule has 0 aliphatic carbocycles. The zero-order chi connectivity index (χ0) is 33.0. The van der Waals surface area contributed by atoms with Crippen molar-refractivity contribution in [3.63, 3.8) is 0 Å². The fraction of sp³-hybridized carbons (Fsp3) is 0. The van der Waals surface area contributed by atoms with Crippen LogP contribution < -0.4 is 0 Å². The van der Waals surface area contributed by atoms with Crippen LogP contribution in [0.1, 0.15) is 0 Å². The lowest BCUT2D eigenvalue weighted by Gasteiger charge is -2.19. The Morgan fingerprint density at radius 2 is 0.880 bits per heavy atom. The van der Waals surface area contributed by atoms with E-state index in [0.29, 0.717) is 17.6 Å². The van der Waals surface area contributed by atoms with Gasteiger partial charge in [0.05, 0.1) is 27.8 Å². The molecule has 0 amide bonds. The molecule has 0 saturated heterocycles. The van der Waals surface area contributed by atoms with Gasteiger partial charge in [0, 0.05) is 50.6 Å². The number of pyridine rings is 1. The van der Waals surface area contributed by atoms with E-state index in [0.717, 1.165) is 71.6 Å². The van der Waals surface area contributed by atoms with Crippen molar-refractivity contribution in [2.24, 2.45) is 0 Å². The maximum Gasteiger partial charge on any atom is 0.238 e. The lowest BCUT2D eigenvalue weighted by atomic mass is 9.99. The second kappa shape index (κ2) is 11.4. The largest absolute Gasteiger partial charge is 0.308 e. The van der Waals surface area contributed by atoms with Crippen molar-refractivity contribution >= 4 is 43.6 Å². The van der Waals surface area contributed by atoms with E-state index >= 15 is 0 Å². The Bertz CT molecular complexity index is 2760. The van der Waals surface area contributed by atoms with E-state index in [1.165, 1.54) is 0 Å². The first-order valence-corrected chi connectivity index (χ1v) is 16.7. The maximum absolute atomic E-state index is 5.35. The number of hydrogen-bond acceptors (Lipinski definition) is 4. The van der Waals surface area contributed by atoms with Crippen LogP contribution in [0, 0.1) is 0 Å². The Morgan fingerprint density at radius 1 is 0.360 bits per heavy atom. The van der Waals surface area contributed by atoms with Gasteiger partial charge in [0.15, 0.2) is 11.6 Å². The van der Waals surface area contributed by atoms with Gasteiger partial charge >= 0.3 is 0 Å². The number of benzene rings is 6. The van der Waals surface area contributed by atoms with Crippen LogP contribution in [0.15, 0.2) is 170 Å². The van der Waals surface area contributed by atoms with Gasteiger partial charge in [-0.2, -0.15) is 9.97 Å². The van der Waals surface area contributed by atoms with E-state index in [2.05, 4.69) is 154 Å². The van der Waals surface area contributed by atoms with Gasteiger partial charge in [-0.1, -0.05) is 127 Å². The van der Waals surface area contributed by atoms with Crippen LogP contribution in [-0.4, -0.2) is 29.1 Å². The van der Waals surface area contributed by atoms with Crippen molar-refractivity contribution in [3.05, 3.63) is 170 Å². The third-order valence-corrected chi connectivity index (χ3v) is 9.50. The third-order valence-electron chi connectivity index (χ3n) is 9.50. The Kier molecular flexibility index (Phi) is 6.39. The summed E-state index contributed by atoms with van der Waals surface area (Å²) in [6.45, 7) is 0. The average molecular weight is 641 g/mol. The topological polar surface area (TPSA) is 61.4 Å². The van der Waals surface area contributed by atoms with Crippen LogP contribution in [0.4, 0.5) is 0 Å². The molecule has 6 heteroatoms. The molecule has 0 radical (unpaired) electrons. The van der Waals surface area contributed by atoms with E-state index < -0.39 is 0 Å². The molecule has 0 unspecified atom stereocenters. The second-order valence-electron chi connectivity index (χ2n) is 12.3. The first-order chi connectivity index (χ1) is 24.8. The van der Waals surface area contributed by atoms with Gasteiger partial charge in [0.1, 0.15) is 0 Å². The quantitative estimate of drug-likeness (QED) is 0.188. The Hall–Kier alpha value is -6.92. The number of hydrogen-bond donors (Lipinski definition) is 0. The molecule has 4 heterocycles. The number of fused-ring (bicyclic) bond motifs is 6. The molecule has 4 aromatic heterocycles. The van der Waals surface area contributed by atoms with E-state index in [4.69, 9.17) is 15.0 Å². The summed E-state index contributed by atoms with van der Waals surface area (Å²) in [5, 5.41) is 4.52. The first kappa shape index (κ1) is 28.1. The van der Waals surface area contributed by atoms with E-state index in [-0.39, 0.29) is 0 Å². The van der Waals surface area contributed by atoms with Gasteiger partial charge in [-0.25, -0.2) is 4.98 Å². The van der Waals surface area contributed by atoms with Crippen molar-refractivity contribution in [3.8, 4) is 45.5 Å². The summed E-state index contributed by atoms with van der Waals surface area (Å²) < 4.78 is 4.51. The molecule has 0 fully saturated rings. The van der Waals surface area contributed by atoms with Crippen LogP contribution in [0.2, 0.25) is 0 Å². The van der Waals surface area contributed by atoms with Gasteiger partial charge in [0.2, 0.25) is 5.95 Å². The van der Waals surface area contributed by atoms with Crippen LogP contribution in [-0.2, 0) is 0 Å². The van der Waals surface area contributed by atoms with Gasteiger partial charge in [-0.15, -0.1) is 0 Å². The SMILES string of the molecule is c1ccc(-c2nc(-c3cccc(-c4ccccc4)c3-n3c4ccccc4c4cnccc43)nc(-n3c4ccccc4c4ccccc43)n2)cc1. The first-order valence-electron chi connectivity index (χ1n) is 16.7. The van der Waals surface area contributed by atoms with E-state index in [1.807, 2.05) is 30.6 Å². The summed E-state index contributed by atoms with van der Waals surface area (Å²) in [4.78, 5) is 20.3. The molecule has 0 saturated carbocycles. The zero-order valence-electron chi connectivity index (χ0n) is 26.8. The zero-order valence-corrected chi connectivity index (χ0v) is 26.8. The fourth-order valence-electron chi connectivity index (χ4n) is 7.31. The summed E-state index contributed by atoms with van der Waals surface area (Å²) in [6, 6.07) is 54.6. The van der Waals surface area contributed by atoms with Crippen LogP contribution >= 0.6 is 0 Å². The number of aromatic nitrogens is 6. The minimum Gasteiger partial charge on any atom is -0.308 e. The highest BCUT2D eigenvalue weighted by Gasteiger charge is 2.23. The number of nitrogens with zero attached hydrogens (tertiary/aromatic N) is 6. The molecule has 6 aromatic carbocycles. The van der Waals surface area contributed by atoms with Crippen LogP contribution in [0.25, 0.3) is 89.2 Å². The lowest BCUT2D eigenvalue weighted by molar-refractivity contribution is 0.952. The van der Waals surface area contributed by atoms with Crippen molar-refractivity contribution < 1.29 is 0 Å². The van der Waals surface area contributed by atoms with Gasteiger partial charge < -0.3 is 4.57 Å². The monoisotopic (exact) mass is 640 g/mol. The summed E-state index contributed by atoms with van der Waals surface area (Å²) in [6.07, 6.45) is 3.81. The molecule has 0 aliphatic heterocycles. The molecule has 6 nitrogen and oxygen atoms in total. The third kappa shape index (κ3) is 4.36. The molecule has 0 spiro atoms. The smallest absolute Gasteiger partial charge is 0.238 e. The molecule has 50 heavy (non-hydrogen) atoms. The minimum atomic E-state index is 0.564. The molecule has 0 bridgehead atoms. The molecular weight excluding hydrogens is 613 g/mol. The predicted molar refractivity (Wildman–Crippen MR) is 203 cm³/mol. The highest BCUT2D eigenvalue weighted by atomic mass is 15.2. The molecule has 0 aliphatic rings. The lowest BCUT2D eigenvalue weighted by Crippen LogP contribution is -2.08. The summed E-state index contributed by atoms with van der Waals surface area (Å²) in [7, 11) is 0. The molecule has 234 valence electrons. The van der Waals surface area contributed by atoms with E-state index in [9.17, 15) is 0 Å². The summed E-state index contributed by atoms with van der Waals surface area (Å²) in [5.41, 5.74) is 9.21. The van der Waals surface area contributed by atoms with Gasteiger partial charge in [-0.05, 0) is 35.9 Å². The molecule has 0 atom stereocenters. The predicted octanol–water partition coefficient (Wildman–Crippen LogP) is 10.5. The summed E-state index contributed by atoms with van der Waals surface area (Å²) >= 11 is 0.